The fourth-order valence-electron chi connectivity index (χ4n) is 1.60. The van der Waals surface area contributed by atoms with E-state index in [1.54, 1.807) is 44.2 Å². The third-order valence-corrected chi connectivity index (χ3v) is 2.67. The Morgan fingerprint density at radius 1 is 1.44 bits per heavy atom. The van der Waals surface area contributed by atoms with E-state index in [-0.39, 0.29) is 0 Å². The van der Waals surface area contributed by atoms with Crippen LogP contribution in [-0.4, -0.2) is 7.11 Å². The Hall–Kier alpha value is -1.54. The van der Waals surface area contributed by atoms with Crippen molar-refractivity contribution >= 4 is 17.2 Å². The van der Waals surface area contributed by atoms with E-state index in [2.05, 4.69) is 6.58 Å². The van der Waals surface area contributed by atoms with Crippen LogP contribution in [0.25, 0.3) is 5.57 Å². The number of halogens is 2. The Labute approximate surface area is 112 Å². The van der Waals surface area contributed by atoms with Crippen LogP contribution in [0.5, 0.6) is 0 Å². The first-order valence-corrected chi connectivity index (χ1v) is 5.91. The van der Waals surface area contributed by atoms with Gasteiger partial charge >= 0.3 is 0 Å². The molecule has 0 fully saturated rings. The topological polar surface area (TPSA) is 9.23 Å². The van der Waals surface area contributed by atoms with Crippen LogP contribution in [0.4, 0.5) is 4.39 Å². The summed E-state index contributed by atoms with van der Waals surface area (Å²) in [4.78, 5) is 0. The maximum absolute atomic E-state index is 14.2. The van der Waals surface area contributed by atoms with Gasteiger partial charge in [0.1, 0.15) is 11.6 Å². The fourth-order valence-corrected chi connectivity index (χ4v) is 1.79. The molecule has 3 heteroatoms. The van der Waals surface area contributed by atoms with E-state index in [4.69, 9.17) is 16.3 Å². The van der Waals surface area contributed by atoms with Crippen molar-refractivity contribution in [2.45, 2.75) is 13.8 Å². The number of hydrogen-bond donors (Lipinski definition) is 0. The zero-order chi connectivity index (χ0) is 13.7. The first kappa shape index (κ1) is 14.5. The molecule has 0 aliphatic rings. The highest BCUT2D eigenvalue weighted by Gasteiger charge is 2.15. The van der Waals surface area contributed by atoms with Gasteiger partial charge in [0.2, 0.25) is 0 Å². The van der Waals surface area contributed by atoms with Crippen LogP contribution in [0.1, 0.15) is 19.4 Å². The smallest absolute Gasteiger partial charge is 0.137 e. The summed E-state index contributed by atoms with van der Waals surface area (Å²) in [6.07, 6.45) is 1.71. The molecule has 0 aliphatic heterocycles. The summed E-state index contributed by atoms with van der Waals surface area (Å²) in [5.41, 5.74) is 1.38. The number of rotatable bonds is 4. The van der Waals surface area contributed by atoms with Crippen molar-refractivity contribution in [2.75, 3.05) is 7.11 Å². The van der Waals surface area contributed by atoms with Gasteiger partial charge in [-0.3, -0.25) is 0 Å². The average molecular weight is 267 g/mol. The van der Waals surface area contributed by atoms with Crippen molar-refractivity contribution in [3.8, 4) is 0 Å². The molecule has 0 spiro atoms. The molecule has 0 unspecified atom stereocenters. The molecule has 1 aromatic rings. The molecule has 0 bridgehead atoms. The zero-order valence-electron chi connectivity index (χ0n) is 10.8. The van der Waals surface area contributed by atoms with E-state index in [1.165, 1.54) is 7.11 Å². The van der Waals surface area contributed by atoms with E-state index in [9.17, 15) is 4.39 Å². The lowest BCUT2D eigenvalue weighted by Crippen LogP contribution is -1.96. The third-order valence-electron chi connectivity index (χ3n) is 2.44. The van der Waals surface area contributed by atoms with Crippen LogP contribution < -0.4 is 0 Å². The van der Waals surface area contributed by atoms with Gasteiger partial charge in [0.25, 0.3) is 0 Å². The number of benzene rings is 1. The van der Waals surface area contributed by atoms with Crippen molar-refractivity contribution in [3.63, 3.8) is 0 Å². The van der Waals surface area contributed by atoms with Crippen LogP contribution in [0.15, 0.2) is 54.1 Å². The Morgan fingerprint density at radius 2 is 2.11 bits per heavy atom. The lowest BCUT2D eigenvalue weighted by Gasteiger charge is -2.13. The Bertz CT molecular complexity index is 515. The molecule has 0 saturated heterocycles. The fraction of sp³-hybridized carbons (Fsp3) is 0.200. The molecule has 1 aromatic carbocycles. The predicted molar refractivity (Wildman–Crippen MR) is 75.1 cm³/mol. The van der Waals surface area contributed by atoms with Gasteiger partial charge in [-0.05, 0) is 43.2 Å². The summed E-state index contributed by atoms with van der Waals surface area (Å²) in [5.74, 6) is 0.0602. The minimum atomic E-state index is -0.396. The van der Waals surface area contributed by atoms with Crippen LogP contribution >= 0.6 is 11.6 Å². The standard InChI is InChI=1S/C15H16ClFO/c1-5-13(18-4)14(15(17)10(2)3)11-7-6-8-12(16)9-11/h5-9H,2H2,1,3-4H3/b13-5?,15-14+. The first-order valence-electron chi connectivity index (χ1n) is 5.53. The minimum absolute atomic E-state index is 0.348. The highest BCUT2D eigenvalue weighted by Crippen LogP contribution is 2.32. The van der Waals surface area contributed by atoms with Crippen LogP contribution in [0.3, 0.4) is 0 Å². The SMILES string of the molecule is C=C(C)/C(F)=C(\C(=CC)OC)c1cccc(Cl)c1. The molecule has 18 heavy (non-hydrogen) atoms. The Balaban J connectivity index is 3.49. The van der Waals surface area contributed by atoms with Gasteiger partial charge < -0.3 is 4.74 Å². The number of allylic oxidation sites excluding steroid dienone is 4. The number of methoxy groups -OCH3 is 1. The Kier molecular flexibility index (Phi) is 5.17. The van der Waals surface area contributed by atoms with E-state index in [1.807, 2.05) is 0 Å². The molecule has 1 nitrogen and oxygen atoms in total. The largest absolute Gasteiger partial charge is 0.496 e. The van der Waals surface area contributed by atoms with Crippen LogP contribution in [0.2, 0.25) is 5.02 Å². The Morgan fingerprint density at radius 3 is 2.56 bits per heavy atom. The highest BCUT2D eigenvalue weighted by molar-refractivity contribution is 6.30. The van der Waals surface area contributed by atoms with Crippen molar-refractivity contribution < 1.29 is 9.13 Å². The van der Waals surface area contributed by atoms with E-state index in [0.29, 0.717) is 27.5 Å². The molecule has 0 amide bonds. The van der Waals surface area contributed by atoms with Crippen LogP contribution in [-0.2, 0) is 4.74 Å². The van der Waals surface area contributed by atoms with E-state index in [0.717, 1.165) is 0 Å². The molecule has 0 aromatic heterocycles. The summed E-state index contributed by atoms with van der Waals surface area (Å²) in [6.45, 7) is 7.03. The molecule has 0 saturated carbocycles. The average Bonchev–Trinajstić information content (AvgIpc) is 2.34. The van der Waals surface area contributed by atoms with Gasteiger partial charge in [0, 0.05) is 5.02 Å². The normalized spacial score (nSPS) is 13.1. The van der Waals surface area contributed by atoms with Crippen LogP contribution in [0, 0.1) is 0 Å². The molecule has 96 valence electrons. The van der Waals surface area contributed by atoms with Crippen molar-refractivity contribution in [3.05, 3.63) is 64.7 Å². The molecule has 0 atom stereocenters. The third kappa shape index (κ3) is 3.23. The van der Waals surface area contributed by atoms with Gasteiger partial charge in [-0.25, -0.2) is 4.39 Å². The van der Waals surface area contributed by atoms with Gasteiger partial charge in [0.05, 0.1) is 12.7 Å². The van der Waals surface area contributed by atoms with Crippen molar-refractivity contribution in [2.24, 2.45) is 0 Å². The summed E-state index contributed by atoms with van der Waals surface area (Å²) in [6, 6.07) is 6.99. The maximum atomic E-state index is 14.2. The summed E-state index contributed by atoms with van der Waals surface area (Å²) >= 11 is 5.94. The molecular formula is C15H16ClFO. The molecule has 0 radical (unpaired) electrons. The monoisotopic (exact) mass is 266 g/mol. The quantitative estimate of drug-likeness (QED) is 0.541. The van der Waals surface area contributed by atoms with Gasteiger partial charge in [-0.1, -0.05) is 30.3 Å². The molecule has 1 rings (SSSR count). The van der Waals surface area contributed by atoms with Crippen molar-refractivity contribution in [1.29, 1.82) is 0 Å². The molecular weight excluding hydrogens is 251 g/mol. The van der Waals surface area contributed by atoms with E-state index >= 15 is 0 Å². The summed E-state index contributed by atoms with van der Waals surface area (Å²) < 4.78 is 19.5. The second-order valence-corrected chi connectivity index (χ2v) is 4.27. The zero-order valence-corrected chi connectivity index (χ0v) is 11.5. The second-order valence-electron chi connectivity index (χ2n) is 3.84. The lowest BCUT2D eigenvalue weighted by atomic mass is 10.0. The van der Waals surface area contributed by atoms with Crippen molar-refractivity contribution in [1.82, 2.24) is 0 Å². The van der Waals surface area contributed by atoms with Gasteiger partial charge in [-0.2, -0.15) is 0 Å². The lowest BCUT2D eigenvalue weighted by molar-refractivity contribution is 0.309. The molecule has 0 heterocycles. The highest BCUT2D eigenvalue weighted by atomic mass is 35.5. The maximum Gasteiger partial charge on any atom is 0.137 e. The summed E-state index contributed by atoms with van der Waals surface area (Å²) in [5, 5.41) is 0.547. The van der Waals surface area contributed by atoms with Gasteiger partial charge in [-0.15, -0.1) is 0 Å². The molecule has 0 N–H and O–H groups in total. The first-order chi connectivity index (χ1) is 8.51. The number of ether oxygens (including phenoxy) is 1. The predicted octanol–water partition coefficient (Wildman–Crippen LogP) is 5.15. The summed E-state index contributed by atoms with van der Waals surface area (Å²) in [7, 11) is 1.51. The minimum Gasteiger partial charge on any atom is -0.496 e. The number of hydrogen-bond acceptors (Lipinski definition) is 1. The van der Waals surface area contributed by atoms with E-state index < -0.39 is 5.83 Å². The second kappa shape index (κ2) is 6.41. The van der Waals surface area contributed by atoms with Gasteiger partial charge in [0.15, 0.2) is 0 Å². The molecule has 0 aliphatic carbocycles.